The Morgan fingerprint density at radius 1 is 1.28 bits per heavy atom. The Morgan fingerprint density at radius 2 is 2.08 bits per heavy atom. The summed E-state index contributed by atoms with van der Waals surface area (Å²) in [5, 5.41) is 4.96. The van der Waals surface area contributed by atoms with E-state index in [0.29, 0.717) is 17.9 Å². The van der Waals surface area contributed by atoms with E-state index in [-0.39, 0.29) is 10.9 Å². The maximum atomic E-state index is 12.6. The maximum Gasteiger partial charge on any atom is 0.417 e. The van der Waals surface area contributed by atoms with Crippen molar-refractivity contribution in [3.8, 4) is 5.88 Å². The van der Waals surface area contributed by atoms with Crippen LogP contribution in [0.5, 0.6) is 5.88 Å². The number of rotatable bonds is 6. The summed E-state index contributed by atoms with van der Waals surface area (Å²) in [6.45, 7) is 1.19. The van der Waals surface area contributed by atoms with Crippen molar-refractivity contribution >= 4 is 35.1 Å². The Bertz CT molecular complexity index is 591. The Kier molecular flexibility index (Phi) is 6.68. The number of thioether (sulfide) groups is 2. The predicted octanol–water partition coefficient (Wildman–Crippen LogP) is 4.49. The summed E-state index contributed by atoms with van der Waals surface area (Å²) < 4.78 is 43.1. The first-order chi connectivity index (χ1) is 11.9. The fourth-order valence-corrected chi connectivity index (χ4v) is 6.68. The van der Waals surface area contributed by atoms with E-state index < -0.39 is 11.7 Å². The van der Waals surface area contributed by atoms with E-state index in [1.807, 2.05) is 0 Å². The lowest BCUT2D eigenvalue weighted by atomic mass is 10.2. The number of hydrogen-bond donors (Lipinski definition) is 1. The number of pyridine rings is 1. The number of hydrogen-bond acceptors (Lipinski definition) is 5. The molecule has 0 bridgehead atoms. The standard InChI is InChI=1S/C16H20ClF3N2OS2/c17-11-8-10(16(18,19)20)9-22-15(11)23-5-1-4-21-12-2-3-13-14(12)25-7-6-24-13/h8-9,12-14,21H,1-7H2/t12-,13-,14+/m1/s1. The van der Waals surface area contributed by atoms with Crippen LogP contribution in [0.4, 0.5) is 13.2 Å². The fourth-order valence-electron chi connectivity index (χ4n) is 3.15. The summed E-state index contributed by atoms with van der Waals surface area (Å²) in [6, 6.07) is 1.40. The van der Waals surface area contributed by atoms with E-state index in [1.165, 1.54) is 24.3 Å². The molecule has 0 spiro atoms. The summed E-state index contributed by atoms with van der Waals surface area (Å²) >= 11 is 9.99. The van der Waals surface area contributed by atoms with Gasteiger partial charge in [0.25, 0.3) is 0 Å². The van der Waals surface area contributed by atoms with Gasteiger partial charge in [0.2, 0.25) is 5.88 Å². The molecule has 1 aromatic rings. The van der Waals surface area contributed by atoms with Crippen molar-refractivity contribution in [3.63, 3.8) is 0 Å². The van der Waals surface area contributed by atoms with Gasteiger partial charge in [-0.1, -0.05) is 11.6 Å². The first-order valence-corrected chi connectivity index (χ1v) is 10.7. The minimum absolute atomic E-state index is 0.0508. The van der Waals surface area contributed by atoms with Gasteiger partial charge in [-0.05, 0) is 31.9 Å². The third kappa shape index (κ3) is 5.11. The van der Waals surface area contributed by atoms with Gasteiger partial charge < -0.3 is 10.1 Å². The second-order valence-corrected chi connectivity index (χ2v) is 9.13. The number of halogens is 4. The van der Waals surface area contributed by atoms with Gasteiger partial charge in [-0.2, -0.15) is 36.7 Å². The van der Waals surface area contributed by atoms with Crippen molar-refractivity contribution in [2.24, 2.45) is 0 Å². The van der Waals surface area contributed by atoms with E-state index in [0.717, 1.165) is 30.5 Å². The highest BCUT2D eigenvalue weighted by atomic mass is 35.5. The molecule has 2 fully saturated rings. The van der Waals surface area contributed by atoms with Gasteiger partial charge in [0.1, 0.15) is 5.02 Å². The van der Waals surface area contributed by atoms with Crippen LogP contribution in [0.3, 0.4) is 0 Å². The molecule has 3 rings (SSSR count). The van der Waals surface area contributed by atoms with E-state index in [9.17, 15) is 13.2 Å². The van der Waals surface area contributed by atoms with E-state index >= 15 is 0 Å². The van der Waals surface area contributed by atoms with Crippen LogP contribution < -0.4 is 10.1 Å². The van der Waals surface area contributed by atoms with Gasteiger partial charge in [-0.15, -0.1) is 0 Å². The zero-order valence-electron chi connectivity index (χ0n) is 13.5. The molecule has 0 amide bonds. The Morgan fingerprint density at radius 3 is 2.84 bits per heavy atom. The van der Waals surface area contributed by atoms with Crippen LogP contribution in [-0.4, -0.2) is 46.2 Å². The van der Waals surface area contributed by atoms with Crippen molar-refractivity contribution in [3.05, 3.63) is 22.8 Å². The highest BCUT2D eigenvalue weighted by molar-refractivity contribution is 8.07. The molecule has 2 heterocycles. The molecule has 1 saturated heterocycles. The summed E-state index contributed by atoms with van der Waals surface area (Å²) in [4.78, 5) is 3.67. The Labute approximate surface area is 158 Å². The third-order valence-corrected chi connectivity index (χ3v) is 7.93. The van der Waals surface area contributed by atoms with Crippen LogP contribution in [0, 0.1) is 0 Å². The van der Waals surface area contributed by atoms with Crippen molar-refractivity contribution in [1.29, 1.82) is 0 Å². The number of fused-ring (bicyclic) bond motifs is 1. The molecular weight excluding hydrogens is 393 g/mol. The number of nitrogens with one attached hydrogen (secondary N) is 1. The SMILES string of the molecule is FC(F)(F)c1cnc(OCCCN[C@@H]2CC[C@H]3SCCS[C@@H]23)c(Cl)c1. The average molecular weight is 413 g/mol. The second kappa shape index (κ2) is 8.59. The lowest BCUT2D eigenvalue weighted by Crippen LogP contribution is -2.39. The molecule has 0 unspecified atom stereocenters. The van der Waals surface area contributed by atoms with Crippen LogP contribution in [-0.2, 0) is 6.18 Å². The molecule has 0 aromatic carbocycles. The van der Waals surface area contributed by atoms with E-state index in [4.69, 9.17) is 16.3 Å². The molecule has 1 aliphatic carbocycles. The van der Waals surface area contributed by atoms with Crippen LogP contribution >= 0.6 is 35.1 Å². The van der Waals surface area contributed by atoms with Crippen molar-refractivity contribution in [2.45, 2.75) is 42.0 Å². The summed E-state index contributed by atoms with van der Waals surface area (Å²) in [7, 11) is 0. The van der Waals surface area contributed by atoms with Gasteiger partial charge in [0.05, 0.1) is 12.2 Å². The molecule has 3 atom stereocenters. The maximum absolute atomic E-state index is 12.6. The predicted molar refractivity (Wildman–Crippen MR) is 97.9 cm³/mol. The summed E-state index contributed by atoms with van der Waals surface area (Å²) in [5.74, 6) is 2.54. The highest BCUT2D eigenvalue weighted by Gasteiger charge is 2.38. The summed E-state index contributed by atoms with van der Waals surface area (Å²) in [5.41, 5.74) is -0.870. The average Bonchev–Trinajstić information content (AvgIpc) is 2.98. The van der Waals surface area contributed by atoms with Gasteiger partial charge in [-0.3, -0.25) is 0 Å². The van der Waals surface area contributed by atoms with Crippen LogP contribution in [0.2, 0.25) is 5.02 Å². The molecule has 1 aromatic heterocycles. The number of ether oxygens (including phenoxy) is 1. The molecule has 0 radical (unpaired) electrons. The fraction of sp³-hybridized carbons (Fsp3) is 0.688. The second-order valence-electron chi connectivity index (χ2n) is 6.09. The minimum atomic E-state index is -4.45. The quantitative estimate of drug-likeness (QED) is 0.696. The van der Waals surface area contributed by atoms with Gasteiger partial charge in [-0.25, -0.2) is 4.98 Å². The first-order valence-electron chi connectivity index (χ1n) is 8.27. The number of aromatic nitrogens is 1. The van der Waals surface area contributed by atoms with Gasteiger partial charge >= 0.3 is 6.18 Å². The third-order valence-electron chi connectivity index (χ3n) is 4.35. The van der Waals surface area contributed by atoms with Crippen molar-refractivity contribution < 1.29 is 17.9 Å². The molecule has 9 heteroatoms. The zero-order chi connectivity index (χ0) is 17.9. The normalized spacial score (nSPS) is 26.5. The molecule has 140 valence electrons. The molecule has 1 N–H and O–H groups in total. The Balaban J connectivity index is 1.39. The van der Waals surface area contributed by atoms with Crippen LogP contribution in [0.1, 0.15) is 24.8 Å². The van der Waals surface area contributed by atoms with Crippen molar-refractivity contribution in [2.75, 3.05) is 24.7 Å². The Hall–Kier alpha value is -0.310. The molecule has 1 aliphatic heterocycles. The van der Waals surface area contributed by atoms with Crippen molar-refractivity contribution in [1.82, 2.24) is 10.3 Å². The molecule has 2 aliphatic rings. The largest absolute Gasteiger partial charge is 0.477 e. The van der Waals surface area contributed by atoms with Gasteiger partial charge in [0, 0.05) is 34.2 Å². The van der Waals surface area contributed by atoms with Crippen LogP contribution in [0.25, 0.3) is 0 Å². The lowest BCUT2D eigenvalue weighted by Gasteiger charge is -2.28. The molecule has 25 heavy (non-hydrogen) atoms. The molecule has 1 saturated carbocycles. The monoisotopic (exact) mass is 412 g/mol. The lowest BCUT2D eigenvalue weighted by molar-refractivity contribution is -0.137. The topological polar surface area (TPSA) is 34.1 Å². The molecular formula is C16H20ClF3N2OS2. The van der Waals surface area contributed by atoms with Gasteiger partial charge in [0.15, 0.2) is 0 Å². The highest BCUT2D eigenvalue weighted by Crippen LogP contribution is 2.42. The summed E-state index contributed by atoms with van der Waals surface area (Å²) in [6.07, 6.45) is -0.460. The minimum Gasteiger partial charge on any atom is -0.477 e. The molecule has 3 nitrogen and oxygen atoms in total. The number of nitrogens with zero attached hydrogens (tertiary/aromatic N) is 1. The smallest absolute Gasteiger partial charge is 0.417 e. The zero-order valence-corrected chi connectivity index (χ0v) is 15.9. The van der Waals surface area contributed by atoms with Crippen LogP contribution in [0.15, 0.2) is 12.3 Å². The number of alkyl halides is 3. The van der Waals surface area contributed by atoms with E-state index in [1.54, 1.807) is 0 Å². The van der Waals surface area contributed by atoms with E-state index in [2.05, 4.69) is 33.8 Å². The first kappa shape index (κ1) is 19.5.